The molecule has 1 spiro atoms. The fourth-order valence-electron chi connectivity index (χ4n) is 14.0. The first-order valence-corrected chi connectivity index (χ1v) is 23.3. The number of nitrogens with zero attached hydrogens (tertiary/aromatic N) is 3. The van der Waals surface area contributed by atoms with Crippen LogP contribution >= 0.6 is 0 Å². The van der Waals surface area contributed by atoms with Crippen molar-refractivity contribution in [3.8, 4) is 5.75 Å². The Hall–Kier alpha value is -4.47. The minimum atomic E-state index is -2.31. The number of methoxy groups -OCH3 is 3. The highest BCUT2D eigenvalue weighted by atomic mass is 16.6. The number of benzene rings is 2. The highest BCUT2D eigenvalue weighted by molar-refractivity contribution is 5.95. The van der Waals surface area contributed by atoms with Gasteiger partial charge < -0.3 is 44.4 Å². The van der Waals surface area contributed by atoms with Gasteiger partial charge >= 0.3 is 17.9 Å². The molecule has 1 saturated carbocycles. The summed E-state index contributed by atoms with van der Waals surface area (Å²) in [4.78, 5) is 53.7. The molecule has 6 heterocycles. The van der Waals surface area contributed by atoms with Gasteiger partial charge in [0.1, 0.15) is 11.2 Å². The molecule has 3 fully saturated rings. The molecule has 14 nitrogen and oxygen atoms in total. The van der Waals surface area contributed by atoms with Crippen LogP contribution in [0, 0.1) is 11.3 Å². The molecule has 6 aliphatic rings. The van der Waals surface area contributed by atoms with Gasteiger partial charge in [0.05, 0.1) is 33.0 Å². The van der Waals surface area contributed by atoms with E-state index in [9.17, 15) is 19.8 Å². The summed E-state index contributed by atoms with van der Waals surface area (Å²) < 4.78 is 24.1. The standard InChI is InChI=1S/C50H67N5O9/c1-10-46(59)24-32-25-49(44(57)62-8,40-33(15-19-54(27-32)28-46)34-21-31(26-51-29(3)4)13-14-37(34)52-40)36-22-35-38(23-39(36)61-7)53(6)42-48(35)17-20-55-18-12-16-47(11-2,41(48)55)43(64-30(5)56)50(42,60)45(58)63-9/h12-14,16,21-23,29,32,41-43,51-52,59-60H,10-11,15,17-20,24-28H2,1-9H3/t32-,41+,42-,43-,46+,47-,48-,49+,50+/m1/s1. The van der Waals surface area contributed by atoms with Crippen LogP contribution < -0.4 is 15.0 Å². The van der Waals surface area contributed by atoms with Crippen LogP contribution in [0.4, 0.5) is 5.69 Å². The third kappa shape index (κ3) is 6.18. The summed E-state index contributed by atoms with van der Waals surface area (Å²) in [7, 11) is 6.18. The summed E-state index contributed by atoms with van der Waals surface area (Å²) in [6.07, 6.45) is 5.89. The van der Waals surface area contributed by atoms with E-state index in [0.717, 1.165) is 39.0 Å². The number of rotatable bonds is 10. The summed E-state index contributed by atoms with van der Waals surface area (Å²) in [6.45, 7) is 13.5. The number of likely N-dealkylation sites (N-methyl/N-ethyl adjacent to an activating group) is 1. The summed E-state index contributed by atoms with van der Waals surface area (Å²) in [5, 5.41) is 30.1. The van der Waals surface area contributed by atoms with Crippen LogP contribution in [0.2, 0.25) is 0 Å². The SMILES string of the molecule is CC[C@]1(O)C[C@H]2CN(CCc3c([nH]c4ccc(CNC(C)C)cc34)[C@@](C(=O)OC)(c3cc4c(cc3OC)N(C)[C@H]3[C@@](O)(C(=O)OC)[C@H](OC(C)=O)[C@]5(CC)C=CCN6CC[C@]43[C@@H]65)C2)C1. The van der Waals surface area contributed by atoms with E-state index in [1.54, 1.807) is 7.11 Å². The lowest BCUT2D eigenvalue weighted by molar-refractivity contribution is -0.228. The highest BCUT2D eigenvalue weighted by Crippen LogP contribution is 2.68. The van der Waals surface area contributed by atoms with Crippen molar-refractivity contribution in [2.24, 2.45) is 11.3 Å². The van der Waals surface area contributed by atoms with Crippen LogP contribution in [0.25, 0.3) is 10.9 Å². The Morgan fingerprint density at radius 1 is 0.969 bits per heavy atom. The predicted octanol–water partition coefficient (Wildman–Crippen LogP) is 4.49. The molecule has 2 aromatic carbocycles. The van der Waals surface area contributed by atoms with Crippen molar-refractivity contribution < 1.29 is 43.5 Å². The lowest BCUT2D eigenvalue weighted by Crippen LogP contribution is -2.81. The second kappa shape index (κ2) is 15.9. The van der Waals surface area contributed by atoms with Crippen LogP contribution in [0.1, 0.15) is 94.7 Å². The van der Waals surface area contributed by atoms with Crippen LogP contribution in [0.3, 0.4) is 0 Å². The Bertz CT molecular complexity index is 2400. The number of carbonyl (C=O) groups excluding carboxylic acids is 3. The van der Waals surface area contributed by atoms with Crippen molar-refractivity contribution in [3.63, 3.8) is 0 Å². The Balaban J connectivity index is 1.35. The number of esters is 3. The van der Waals surface area contributed by atoms with Gasteiger partial charge in [0.25, 0.3) is 0 Å². The number of anilines is 1. The third-order valence-electron chi connectivity index (χ3n) is 16.5. The first-order chi connectivity index (χ1) is 30.5. The van der Waals surface area contributed by atoms with Gasteiger partial charge in [-0.1, -0.05) is 45.9 Å². The van der Waals surface area contributed by atoms with E-state index in [4.69, 9.17) is 18.9 Å². The first-order valence-electron chi connectivity index (χ1n) is 23.3. The molecule has 0 radical (unpaired) electrons. The molecular weight excluding hydrogens is 815 g/mol. The topological polar surface area (TPSA) is 166 Å². The number of carbonyl (C=O) groups is 3. The fraction of sp³-hybridized carbons (Fsp3) is 0.620. The molecule has 2 saturated heterocycles. The normalized spacial score (nSPS) is 35.1. The molecule has 9 rings (SSSR count). The molecule has 346 valence electrons. The molecular formula is C50H67N5O9. The van der Waals surface area contributed by atoms with Gasteiger partial charge in [-0.2, -0.15) is 0 Å². The summed E-state index contributed by atoms with van der Waals surface area (Å²) in [5.74, 6) is -1.59. The maximum absolute atomic E-state index is 15.6. The Kier molecular flexibility index (Phi) is 11.1. The lowest BCUT2D eigenvalue weighted by atomic mass is 9.47. The van der Waals surface area contributed by atoms with Crippen molar-refractivity contribution in [1.82, 2.24) is 20.1 Å². The zero-order chi connectivity index (χ0) is 45.7. The number of hydrogen-bond donors (Lipinski definition) is 4. The molecule has 1 aliphatic carbocycles. The summed E-state index contributed by atoms with van der Waals surface area (Å²) >= 11 is 0. The van der Waals surface area contributed by atoms with E-state index in [1.807, 2.05) is 31.9 Å². The summed E-state index contributed by atoms with van der Waals surface area (Å²) in [5.41, 5.74) is -0.594. The maximum atomic E-state index is 15.6. The average molecular weight is 882 g/mol. The Morgan fingerprint density at radius 2 is 1.73 bits per heavy atom. The molecule has 1 unspecified atom stereocenters. The Morgan fingerprint density at radius 3 is 2.41 bits per heavy atom. The smallest absolute Gasteiger partial charge is 0.344 e. The third-order valence-corrected chi connectivity index (χ3v) is 16.5. The highest BCUT2D eigenvalue weighted by Gasteiger charge is 2.80. The Labute approximate surface area is 376 Å². The number of piperidine rings is 1. The first kappa shape index (κ1) is 44.7. The summed E-state index contributed by atoms with van der Waals surface area (Å²) in [6, 6.07) is 9.57. The maximum Gasteiger partial charge on any atom is 0.344 e. The van der Waals surface area contributed by atoms with E-state index in [1.165, 1.54) is 21.1 Å². The van der Waals surface area contributed by atoms with Gasteiger partial charge in [0, 0.05) is 104 Å². The van der Waals surface area contributed by atoms with Gasteiger partial charge in [-0.25, -0.2) is 4.79 Å². The number of fused-ring (bicyclic) bond motifs is 6. The van der Waals surface area contributed by atoms with Crippen molar-refractivity contribution >= 4 is 34.5 Å². The van der Waals surface area contributed by atoms with Gasteiger partial charge in [-0.3, -0.25) is 19.4 Å². The zero-order valence-electron chi connectivity index (χ0n) is 39.0. The zero-order valence-corrected chi connectivity index (χ0v) is 39.0. The molecule has 2 bridgehead atoms. The molecule has 1 aromatic heterocycles. The van der Waals surface area contributed by atoms with E-state index >= 15 is 4.79 Å². The van der Waals surface area contributed by atoms with E-state index in [-0.39, 0.29) is 12.0 Å². The number of hydrogen-bond acceptors (Lipinski definition) is 13. The number of aromatic nitrogens is 1. The minimum Gasteiger partial charge on any atom is -0.496 e. The predicted molar refractivity (Wildman–Crippen MR) is 242 cm³/mol. The van der Waals surface area contributed by atoms with Crippen LogP contribution in [-0.4, -0.2) is 139 Å². The van der Waals surface area contributed by atoms with Crippen molar-refractivity contribution in [2.75, 3.05) is 66.0 Å². The lowest BCUT2D eigenvalue weighted by Gasteiger charge is -2.63. The molecule has 0 amide bonds. The number of nitrogens with one attached hydrogen (secondary N) is 2. The van der Waals surface area contributed by atoms with Crippen molar-refractivity contribution in [2.45, 2.75) is 126 Å². The average Bonchev–Trinajstić information content (AvgIpc) is 3.94. The van der Waals surface area contributed by atoms with Crippen molar-refractivity contribution in [3.05, 3.63) is 70.4 Å². The van der Waals surface area contributed by atoms with Gasteiger partial charge in [0.15, 0.2) is 6.10 Å². The quantitative estimate of drug-likeness (QED) is 0.128. The number of aromatic amines is 1. The van der Waals surface area contributed by atoms with Gasteiger partial charge in [-0.05, 0) is 85.9 Å². The van der Waals surface area contributed by atoms with E-state index in [0.29, 0.717) is 95.1 Å². The van der Waals surface area contributed by atoms with Crippen molar-refractivity contribution in [1.29, 1.82) is 0 Å². The van der Waals surface area contributed by atoms with Crippen LogP contribution in [0.5, 0.6) is 5.75 Å². The van der Waals surface area contributed by atoms with Crippen LogP contribution in [-0.2, 0) is 52.4 Å². The number of aliphatic hydroxyl groups is 2. The fourth-order valence-corrected chi connectivity index (χ4v) is 14.0. The minimum absolute atomic E-state index is 0.116. The molecule has 10 atom stereocenters. The van der Waals surface area contributed by atoms with E-state index in [2.05, 4.69) is 70.4 Å². The number of H-pyrrole nitrogens is 1. The molecule has 64 heavy (non-hydrogen) atoms. The van der Waals surface area contributed by atoms with E-state index < -0.39 is 57.5 Å². The largest absolute Gasteiger partial charge is 0.496 e. The van der Waals surface area contributed by atoms with Crippen LogP contribution in [0.15, 0.2) is 42.5 Å². The molecule has 14 heteroatoms. The molecule has 5 aliphatic heterocycles. The molecule has 4 N–H and O–H groups in total. The number of ether oxygens (including phenoxy) is 4. The second-order valence-corrected chi connectivity index (χ2v) is 20.1. The molecule has 3 aromatic rings. The van der Waals surface area contributed by atoms with Gasteiger partial charge in [0.2, 0.25) is 5.60 Å². The monoisotopic (exact) mass is 881 g/mol. The second-order valence-electron chi connectivity index (χ2n) is 20.1. The van der Waals surface area contributed by atoms with Gasteiger partial charge in [-0.15, -0.1) is 0 Å².